The number of amides is 2. The summed E-state index contributed by atoms with van der Waals surface area (Å²) in [5.41, 5.74) is 3.19. The summed E-state index contributed by atoms with van der Waals surface area (Å²) in [5.74, 6) is 0.263. The topological polar surface area (TPSA) is 123 Å². The molecule has 2 aromatic heterocycles. The number of ether oxygens (including phenoxy) is 2. The third-order valence-corrected chi connectivity index (χ3v) is 5.14. The molecule has 3 aromatic rings. The van der Waals surface area contributed by atoms with Gasteiger partial charge in [0, 0.05) is 25.6 Å². The van der Waals surface area contributed by atoms with Gasteiger partial charge in [-0.3, -0.25) is 19.4 Å². The average molecular weight is 424 g/mol. The molecule has 0 spiro atoms. The van der Waals surface area contributed by atoms with E-state index in [2.05, 4.69) is 25.9 Å². The zero-order valence-corrected chi connectivity index (χ0v) is 17.3. The Hall–Kier alpha value is -3.66. The van der Waals surface area contributed by atoms with Gasteiger partial charge in [0.1, 0.15) is 11.4 Å². The standard InChI is InChI=1S/C21H24N6O4/c1-30-7-6-22-20(28)16-11-23-27-12-14(9-19(16)27)24-21(29)18-10-17(25-26-18)13-4-3-5-15(8-13)31-2/h3-5,8,10-11,14H,6-7,9,12H2,1-2H3,(H,22,28)(H,24,29)(H,25,26)/t14-/m0/s1. The van der Waals surface area contributed by atoms with E-state index in [-0.39, 0.29) is 17.9 Å². The van der Waals surface area contributed by atoms with Crippen molar-refractivity contribution in [1.82, 2.24) is 30.6 Å². The van der Waals surface area contributed by atoms with Gasteiger partial charge in [-0.1, -0.05) is 12.1 Å². The van der Waals surface area contributed by atoms with Crippen LogP contribution in [-0.4, -0.2) is 65.2 Å². The van der Waals surface area contributed by atoms with Crippen LogP contribution in [0.5, 0.6) is 5.75 Å². The molecule has 31 heavy (non-hydrogen) atoms. The smallest absolute Gasteiger partial charge is 0.269 e. The van der Waals surface area contributed by atoms with Crippen LogP contribution in [0, 0.1) is 0 Å². The molecule has 1 aliphatic rings. The molecule has 10 heteroatoms. The van der Waals surface area contributed by atoms with Crippen molar-refractivity contribution in [1.29, 1.82) is 0 Å². The summed E-state index contributed by atoms with van der Waals surface area (Å²) in [6.45, 7) is 1.37. The summed E-state index contributed by atoms with van der Waals surface area (Å²) in [6, 6.07) is 9.00. The number of benzene rings is 1. The number of aromatic nitrogens is 4. The van der Waals surface area contributed by atoms with Gasteiger partial charge in [-0.15, -0.1) is 0 Å². The van der Waals surface area contributed by atoms with Crippen LogP contribution >= 0.6 is 0 Å². The zero-order valence-electron chi connectivity index (χ0n) is 17.3. The minimum absolute atomic E-state index is 0.162. The number of H-pyrrole nitrogens is 1. The molecule has 1 atom stereocenters. The largest absolute Gasteiger partial charge is 0.497 e. The molecule has 1 aliphatic heterocycles. The highest BCUT2D eigenvalue weighted by Gasteiger charge is 2.29. The highest BCUT2D eigenvalue weighted by atomic mass is 16.5. The summed E-state index contributed by atoms with van der Waals surface area (Å²) < 4.78 is 11.9. The minimum Gasteiger partial charge on any atom is -0.497 e. The maximum Gasteiger partial charge on any atom is 0.269 e. The fraction of sp³-hybridized carbons (Fsp3) is 0.333. The van der Waals surface area contributed by atoms with E-state index >= 15 is 0 Å². The van der Waals surface area contributed by atoms with Crippen LogP contribution in [0.1, 0.15) is 26.5 Å². The van der Waals surface area contributed by atoms with Gasteiger partial charge < -0.3 is 20.1 Å². The van der Waals surface area contributed by atoms with Crippen LogP contribution in [0.25, 0.3) is 11.3 Å². The number of nitrogens with zero attached hydrogens (tertiary/aromatic N) is 3. The Balaban J connectivity index is 1.38. The van der Waals surface area contributed by atoms with Gasteiger partial charge in [0.2, 0.25) is 0 Å². The molecule has 0 radical (unpaired) electrons. The lowest BCUT2D eigenvalue weighted by Gasteiger charge is -2.10. The number of carbonyl (C=O) groups is 2. The van der Waals surface area contributed by atoms with Gasteiger partial charge >= 0.3 is 0 Å². The molecule has 0 saturated heterocycles. The van der Waals surface area contributed by atoms with E-state index in [1.807, 2.05) is 24.3 Å². The molecule has 162 valence electrons. The minimum atomic E-state index is -0.261. The third kappa shape index (κ3) is 4.43. The first-order chi connectivity index (χ1) is 15.1. The quantitative estimate of drug-likeness (QED) is 0.464. The highest BCUT2D eigenvalue weighted by Crippen LogP contribution is 2.23. The van der Waals surface area contributed by atoms with E-state index in [1.54, 1.807) is 31.2 Å². The molecular weight excluding hydrogens is 400 g/mol. The maximum absolute atomic E-state index is 12.7. The van der Waals surface area contributed by atoms with Crippen molar-refractivity contribution in [2.24, 2.45) is 0 Å². The van der Waals surface area contributed by atoms with Gasteiger partial charge in [0.05, 0.1) is 49.5 Å². The van der Waals surface area contributed by atoms with Crippen molar-refractivity contribution in [3.63, 3.8) is 0 Å². The van der Waals surface area contributed by atoms with E-state index in [0.29, 0.717) is 48.8 Å². The maximum atomic E-state index is 12.7. The van der Waals surface area contributed by atoms with Crippen LogP contribution in [0.15, 0.2) is 36.5 Å². The number of hydrogen-bond donors (Lipinski definition) is 3. The lowest BCUT2D eigenvalue weighted by molar-refractivity contribution is 0.0928. The third-order valence-electron chi connectivity index (χ3n) is 5.14. The Kier molecular flexibility index (Phi) is 5.99. The number of rotatable bonds is 8. The SMILES string of the molecule is COCCNC(=O)c1cnn2c1C[C@H](NC(=O)c1cc(-c3cccc(OC)c3)n[nH]1)C2. The van der Waals surface area contributed by atoms with Crippen molar-refractivity contribution < 1.29 is 19.1 Å². The molecule has 0 bridgehead atoms. The number of carbonyl (C=O) groups excluding carboxylic acids is 2. The molecule has 2 amide bonds. The van der Waals surface area contributed by atoms with Crippen LogP contribution in [-0.2, 0) is 17.7 Å². The molecule has 0 aliphatic carbocycles. The predicted octanol–water partition coefficient (Wildman–Crippen LogP) is 1.01. The Labute approximate surface area is 178 Å². The van der Waals surface area contributed by atoms with Crippen molar-refractivity contribution in [2.45, 2.75) is 19.0 Å². The van der Waals surface area contributed by atoms with Gasteiger partial charge in [0.25, 0.3) is 11.8 Å². The second kappa shape index (κ2) is 9.00. The molecule has 4 rings (SSSR count). The number of fused-ring (bicyclic) bond motifs is 1. The predicted molar refractivity (Wildman–Crippen MR) is 112 cm³/mol. The van der Waals surface area contributed by atoms with Crippen LogP contribution in [0.4, 0.5) is 0 Å². The van der Waals surface area contributed by atoms with Crippen LogP contribution < -0.4 is 15.4 Å². The first kappa shape index (κ1) is 20.6. The van der Waals surface area contributed by atoms with E-state index in [1.165, 1.54) is 0 Å². The first-order valence-electron chi connectivity index (χ1n) is 9.91. The summed E-state index contributed by atoms with van der Waals surface area (Å²) in [5, 5.41) is 17.1. The van der Waals surface area contributed by atoms with Crippen molar-refractivity contribution in [2.75, 3.05) is 27.4 Å². The zero-order chi connectivity index (χ0) is 21.8. The summed E-state index contributed by atoms with van der Waals surface area (Å²) in [6.07, 6.45) is 2.08. The molecule has 3 heterocycles. The summed E-state index contributed by atoms with van der Waals surface area (Å²) in [7, 11) is 3.18. The Morgan fingerprint density at radius 3 is 2.94 bits per heavy atom. The van der Waals surface area contributed by atoms with Crippen molar-refractivity contribution in [3.8, 4) is 17.0 Å². The number of hydrogen-bond acceptors (Lipinski definition) is 6. The van der Waals surface area contributed by atoms with Gasteiger partial charge in [0.15, 0.2) is 0 Å². The van der Waals surface area contributed by atoms with E-state index < -0.39 is 0 Å². The molecule has 10 nitrogen and oxygen atoms in total. The van der Waals surface area contributed by atoms with E-state index in [0.717, 1.165) is 11.3 Å². The molecular formula is C21H24N6O4. The monoisotopic (exact) mass is 424 g/mol. The molecule has 0 saturated carbocycles. The Bertz CT molecular complexity index is 1090. The molecule has 0 unspecified atom stereocenters. The average Bonchev–Trinajstić information content (AvgIpc) is 3.49. The Morgan fingerprint density at radius 2 is 2.13 bits per heavy atom. The number of aromatic amines is 1. The number of methoxy groups -OCH3 is 2. The van der Waals surface area contributed by atoms with Gasteiger partial charge in [-0.05, 0) is 18.2 Å². The fourth-order valence-electron chi connectivity index (χ4n) is 3.57. The summed E-state index contributed by atoms with van der Waals surface area (Å²) in [4.78, 5) is 25.0. The number of nitrogens with one attached hydrogen (secondary N) is 3. The normalized spacial score (nSPS) is 14.8. The lowest BCUT2D eigenvalue weighted by atomic mass is 10.1. The second-order valence-electron chi connectivity index (χ2n) is 7.21. The van der Waals surface area contributed by atoms with Crippen LogP contribution in [0.3, 0.4) is 0 Å². The van der Waals surface area contributed by atoms with E-state index in [9.17, 15) is 9.59 Å². The van der Waals surface area contributed by atoms with Gasteiger partial charge in [-0.2, -0.15) is 10.2 Å². The molecule has 1 aromatic carbocycles. The van der Waals surface area contributed by atoms with Gasteiger partial charge in [-0.25, -0.2) is 0 Å². The van der Waals surface area contributed by atoms with Crippen LogP contribution in [0.2, 0.25) is 0 Å². The molecule has 0 fully saturated rings. The first-order valence-corrected chi connectivity index (χ1v) is 9.91. The second-order valence-corrected chi connectivity index (χ2v) is 7.21. The highest BCUT2D eigenvalue weighted by molar-refractivity contribution is 5.95. The lowest BCUT2D eigenvalue weighted by Crippen LogP contribution is -2.36. The summed E-state index contributed by atoms with van der Waals surface area (Å²) >= 11 is 0. The van der Waals surface area contributed by atoms with Crippen molar-refractivity contribution in [3.05, 3.63) is 53.5 Å². The molecule has 3 N–H and O–H groups in total. The Morgan fingerprint density at radius 1 is 1.26 bits per heavy atom. The fourth-order valence-corrected chi connectivity index (χ4v) is 3.57. The van der Waals surface area contributed by atoms with Crippen molar-refractivity contribution >= 4 is 11.8 Å². The van der Waals surface area contributed by atoms with E-state index in [4.69, 9.17) is 9.47 Å².